The first-order chi connectivity index (χ1) is 23.4. The van der Waals surface area contributed by atoms with Gasteiger partial charge in [-0.25, -0.2) is 4.79 Å². The number of benzene rings is 3. The molecule has 0 spiro atoms. The number of para-hydroxylation sites is 1. The number of phenolic OH excluding ortho intramolecular Hbond substituents is 1. The van der Waals surface area contributed by atoms with Crippen molar-refractivity contribution in [2.45, 2.75) is 24.2 Å². The number of likely N-dealkylation sites (tertiary alicyclic amines) is 1. The molecule has 4 aliphatic rings. The summed E-state index contributed by atoms with van der Waals surface area (Å²) >= 11 is 12.6. The van der Waals surface area contributed by atoms with Crippen LogP contribution in [-0.2, 0) is 24.6 Å². The molecule has 3 fully saturated rings. The Morgan fingerprint density at radius 2 is 1.69 bits per heavy atom. The van der Waals surface area contributed by atoms with E-state index in [1.165, 1.54) is 26.4 Å². The highest BCUT2D eigenvalue weighted by atomic mass is 35.5. The molecule has 6 amide bonds. The molecule has 6 atom stereocenters. The van der Waals surface area contributed by atoms with Gasteiger partial charge in [-0.3, -0.25) is 24.6 Å². The summed E-state index contributed by atoms with van der Waals surface area (Å²) in [6.45, 7) is 0. The molecule has 0 bridgehead atoms. The minimum Gasteiger partial charge on any atom is -0.504 e. The third kappa shape index (κ3) is 4.61. The van der Waals surface area contributed by atoms with Gasteiger partial charge in [0.1, 0.15) is 5.75 Å². The predicted molar refractivity (Wildman–Crippen MR) is 177 cm³/mol. The van der Waals surface area contributed by atoms with Gasteiger partial charge in [-0.2, -0.15) is 9.91 Å². The van der Waals surface area contributed by atoms with E-state index >= 15 is 4.79 Å². The molecule has 3 aromatic rings. The number of carbonyl (C=O) groups excluding carboxylic acids is 5. The monoisotopic (exact) mass is 704 g/mol. The van der Waals surface area contributed by atoms with Crippen molar-refractivity contribution >= 4 is 58.5 Å². The summed E-state index contributed by atoms with van der Waals surface area (Å²) in [4.78, 5) is 69.7. The van der Waals surface area contributed by atoms with Gasteiger partial charge in [0.15, 0.2) is 11.5 Å². The van der Waals surface area contributed by atoms with Crippen LogP contribution in [0.3, 0.4) is 0 Å². The van der Waals surface area contributed by atoms with Crippen molar-refractivity contribution in [2.24, 2.45) is 29.4 Å². The Balaban J connectivity index is 1.49. The molecule has 14 heteroatoms. The smallest absolute Gasteiger partial charge is 0.328 e. The van der Waals surface area contributed by atoms with Crippen LogP contribution in [0.5, 0.6) is 17.2 Å². The van der Waals surface area contributed by atoms with Crippen molar-refractivity contribution in [3.8, 4) is 17.2 Å². The molecular formula is C35H30Cl2N4O8. The van der Waals surface area contributed by atoms with E-state index in [0.29, 0.717) is 26.8 Å². The SMILES string of the molecule is COc1ccc(C23C(=O)N(Nc4ccc(Cl)cc4Cl)C(=O)C2CC2C(=CCC4C(=O)N(C(N)=O)C(=O)C42)C3c2cccc(OC)c2O)cc1. The summed E-state index contributed by atoms with van der Waals surface area (Å²) in [6, 6.07) is 15.0. The minimum absolute atomic E-state index is 0.0387. The lowest BCUT2D eigenvalue weighted by Gasteiger charge is -2.50. The van der Waals surface area contributed by atoms with Crippen LogP contribution >= 0.6 is 23.2 Å². The number of nitrogens with one attached hydrogen (secondary N) is 1. The molecule has 252 valence electrons. The second-order valence-corrected chi connectivity index (χ2v) is 13.3. The Morgan fingerprint density at radius 3 is 2.35 bits per heavy atom. The number of rotatable bonds is 6. The summed E-state index contributed by atoms with van der Waals surface area (Å²) in [5, 5.41) is 13.1. The maximum Gasteiger partial charge on any atom is 0.328 e. The van der Waals surface area contributed by atoms with Gasteiger partial charge in [0.2, 0.25) is 11.8 Å². The van der Waals surface area contributed by atoms with Crippen molar-refractivity contribution in [3.63, 3.8) is 0 Å². The molecule has 6 unspecified atom stereocenters. The molecule has 12 nitrogen and oxygen atoms in total. The number of halogens is 2. The number of phenols is 1. The Kier molecular flexibility index (Phi) is 7.83. The molecule has 2 aliphatic heterocycles. The molecule has 2 heterocycles. The maximum atomic E-state index is 15.2. The third-order valence-electron chi connectivity index (χ3n) is 10.4. The number of anilines is 1. The minimum atomic E-state index is -1.69. The number of allylic oxidation sites excluding steroid dienone is 2. The Labute approximate surface area is 290 Å². The first-order valence-electron chi connectivity index (χ1n) is 15.4. The van der Waals surface area contributed by atoms with E-state index < -0.39 is 64.7 Å². The summed E-state index contributed by atoms with van der Waals surface area (Å²) in [5.74, 6) is -7.23. The van der Waals surface area contributed by atoms with E-state index in [1.807, 2.05) is 0 Å². The van der Waals surface area contributed by atoms with E-state index in [-0.39, 0.29) is 40.6 Å². The lowest BCUT2D eigenvalue weighted by Crippen LogP contribution is -2.53. The topological polar surface area (TPSA) is 169 Å². The van der Waals surface area contributed by atoms with Crippen molar-refractivity contribution < 1.29 is 38.6 Å². The fraction of sp³-hybridized carbons (Fsp3) is 0.286. The van der Waals surface area contributed by atoms with Crippen LogP contribution in [0.2, 0.25) is 10.0 Å². The lowest BCUT2D eigenvalue weighted by molar-refractivity contribution is -0.139. The van der Waals surface area contributed by atoms with E-state index in [4.69, 9.17) is 38.4 Å². The molecule has 0 radical (unpaired) electrons. The van der Waals surface area contributed by atoms with Crippen LogP contribution < -0.4 is 20.6 Å². The zero-order chi connectivity index (χ0) is 34.9. The molecular weight excluding hydrogens is 675 g/mol. The molecule has 0 aromatic heterocycles. The molecule has 4 N–H and O–H groups in total. The van der Waals surface area contributed by atoms with Gasteiger partial charge in [-0.15, -0.1) is 0 Å². The fourth-order valence-electron chi connectivity index (χ4n) is 8.34. The number of urea groups is 1. The Morgan fingerprint density at radius 1 is 0.959 bits per heavy atom. The van der Waals surface area contributed by atoms with Crippen LogP contribution in [0, 0.1) is 23.7 Å². The normalized spacial score (nSPS) is 27.3. The third-order valence-corrected chi connectivity index (χ3v) is 10.9. The molecule has 7 rings (SSSR count). The van der Waals surface area contributed by atoms with Crippen molar-refractivity contribution in [1.82, 2.24) is 9.91 Å². The largest absolute Gasteiger partial charge is 0.504 e. The predicted octanol–water partition coefficient (Wildman–Crippen LogP) is 4.78. The number of methoxy groups -OCH3 is 2. The first-order valence-corrected chi connectivity index (χ1v) is 16.2. The van der Waals surface area contributed by atoms with Crippen LogP contribution in [0.4, 0.5) is 10.5 Å². The van der Waals surface area contributed by atoms with Crippen LogP contribution in [0.25, 0.3) is 0 Å². The van der Waals surface area contributed by atoms with Gasteiger partial charge >= 0.3 is 6.03 Å². The Bertz CT molecular complexity index is 1980. The molecule has 1 saturated carbocycles. The van der Waals surface area contributed by atoms with E-state index in [0.717, 1.165) is 5.01 Å². The number of amides is 6. The van der Waals surface area contributed by atoms with Crippen molar-refractivity contribution in [1.29, 1.82) is 0 Å². The highest BCUT2D eigenvalue weighted by Gasteiger charge is 2.71. The van der Waals surface area contributed by atoms with Gasteiger partial charge in [0.05, 0.1) is 48.1 Å². The standard InChI is InChI=1S/C35H30Cl2N4O8/c1-48-18-9-6-16(7-10-18)35-23(31(44)41(33(35)46)39-25-13-8-17(36)14-24(25)37)15-22-19(28(35)21-4-3-5-26(49-2)29(21)42)11-12-20-27(22)32(45)40(30(20)43)34(38)47/h3-11,13-14,20,22-23,27-28,39,42H,12,15H2,1-2H3,(H2,38,47). The number of hydrazine groups is 1. The van der Waals surface area contributed by atoms with Crippen LogP contribution in [0.15, 0.2) is 72.3 Å². The molecule has 2 saturated heterocycles. The van der Waals surface area contributed by atoms with Gasteiger partial charge in [0.25, 0.3) is 11.8 Å². The van der Waals surface area contributed by atoms with Gasteiger partial charge in [-0.05, 0) is 60.7 Å². The molecule has 2 aliphatic carbocycles. The highest BCUT2D eigenvalue weighted by molar-refractivity contribution is 6.36. The number of hydrogen-bond donors (Lipinski definition) is 3. The van der Waals surface area contributed by atoms with Gasteiger partial charge < -0.3 is 20.3 Å². The quantitative estimate of drug-likeness (QED) is 0.242. The average molecular weight is 706 g/mol. The fourth-order valence-corrected chi connectivity index (χ4v) is 8.79. The summed E-state index contributed by atoms with van der Waals surface area (Å²) < 4.78 is 10.9. The molecule has 49 heavy (non-hydrogen) atoms. The van der Waals surface area contributed by atoms with Gasteiger partial charge in [-0.1, -0.05) is 59.1 Å². The van der Waals surface area contributed by atoms with Crippen molar-refractivity contribution in [3.05, 3.63) is 93.5 Å². The number of nitrogens with two attached hydrogens (primary N) is 1. The second kappa shape index (κ2) is 11.8. The summed E-state index contributed by atoms with van der Waals surface area (Å²) in [6.07, 6.45) is 1.82. The van der Waals surface area contributed by atoms with Crippen molar-refractivity contribution in [2.75, 3.05) is 19.6 Å². The molecule has 3 aromatic carbocycles. The number of ether oxygens (including phenoxy) is 2. The van der Waals surface area contributed by atoms with Crippen LogP contribution in [0.1, 0.15) is 29.9 Å². The van der Waals surface area contributed by atoms with Gasteiger partial charge in [0, 0.05) is 16.5 Å². The van der Waals surface area contributed by atoms with E-state index in [2.05, 4.69) is 5.43 Å². The number of hydrogen-bond acceptors (Lipinski definition) is 9. The number of aromatic hydroxyl groups is 1. The number of nitrogens with zero attached hydrogens (tertiary/aromatic N) is 2. The van der Waals surface area contributed by atoms with Crippen LogP contribution in [-0.4, -0.2) is 58.9 Å². The highest BCUT2D eigenvalue weighted by Crippen LogP contribution is 2.65. The lowest BCUT2D eigenvalue weighted by atomic mass is 9.49. The van der Waals surface area contributed by atoms with E-state index in [1.54, 1.807) is 54.6 Å². The summed E-state index contributed by atoms with van der Waals surface area (Å²) in [7, 11) is 2.89. The Hall–Kier alpha value is -5.07. The summed E-state index contributed by atoms with van der Waals surface area (Å²) in [5.41, 5.74) is 8.21. The van der Waals surface area contributed by atoms with E-state index in [9.17, 15) is 24.3 Å². The number of carbonyl (C=O) groups is 5. The second-order valence-electron chi connectivity index (χ2n) is 12.5. The average Bonchev–Trinajstić information content (AvgIpc) is 3.47. The maximum absolute atomic E-state index is 15.2. The number of primary amides is 1. The zero-order valence-electron chi connectivity index (χ0n) is 26.2. The zero-order valence-corrected chi connectivity index (χ0v) is 27.7. The first kappa shape index (κ1) is 32.5. The number of imide groups is 4. The number of fused-ring (bicyclic) bond motifs is 4.